The van der Waals surface area contributed by atoms with Gasteiger partial charge < -0.3 is 14.4 Å². The van der Waals surface area contributed by atoms with Gasteiger partial charge in [0.15, 0.2) is 17.6 Å². The number of para-hydroxylation sites is 2. The van der Waals surface area contributed by atoms with Gasteiger partial charge in [-0.05, 0) is 30.3 Å². The van der Waals surface area contributed by atoms with Gasteiger partial charge >= 0.3 is 0 Å². The number of pyridine rings is 1. The molecule has 6 heteroatoms. The summed E-state index contributed by atoms with van der Waals surface area (Å²) in [7, 11) is 1.81. The number of ether oxygens (including phenoxy) is 2. The van der Waals surface area contributed by atoms with Crippen LogP contribution in [0.2, 0.25) is 0 Å². The molecule has 0 saturated carbocycles. The Bertz CT molecular complexity index is 932. The van der Waals surface area contributed by atoms with E-state index in [1.54, 1.807) is 6.07 Å². The summed E-state index contributed by atoms with van der Waals surface area (Å²) in [6, 6.07) is 11.3. The van der Waals surface area contributed by atoms with E-state index in [4.69, 9.17) is 9.47 Å². The van der Waals surface area contributed by atoms with Crippen molar-refractivity contribution in [3.63, 3.8) is 0 Å². The summed E-state index contributed by atoms with van der Waals surface area (Å²) in [5.41, 5.74) is 0.583. The zero-order valence-corrected chi connectivity index (χ0v) is 13.6. The Morgan fingerprint density at radius 3 is 2.68 bits per heavy atom. The van der Waals surface area contributed by atoms with Crippen molar-refractivity contribution in [2.45, 2.75) is 6.10 Å². The fourth-order valence-electron chi connectivity index (χ4n) is 3.05. The molecule has 2 aromatic carbocycles. The Balaban J connectivity index is 1.61. The molecule has 0 N–H and O–H groups in total. The molecule has 128 valence electrons. The highest BCUT2D eigenvalue weighted by atomic mass is 19.1. The lowest BCUT2D eigenvalue weighted by atomic mass is 10.1. The van der Waals surface area contributed by atoms with E-state index in [1.165, 1.54) is 6.20 Å². The number of anilines is 1. The third-order valence-electron chi connectivity index (χ3n) is 4.23. The minimum absolute atomic E-state index is 0.0236. The zero-order valence-electron chi connectivity index (χ0n) is 13.6. The molecule has 0 radical (unpaired) electrons. The normalized spacial score (nSPS) is 16.0. The van der Waals surface area contributed by atoms with Crippen molar-refractivity contribution >= 4 is 16.6 Å². The van der Waals surface area contributed by atoms with E-state index in [9.17, 15) is 8.78 Å². The molecular formula is C19H16F2N2O2. The first-order valence-electron chi connectivity index (χ1n) is 7.96. The van der Waals surface area contributed by atoms with Crippen LogP contribution in [-0.2, 0) is 0 Å². The van der Waals surface area contributed by atoms with Crippen molar-refractivity contribution in [1.82, 2.24) is 4.98 Å². The highest BCUT2D eigenvalue weighted by molar-refractivity contribution is 5.92. The van der Waals surface area contributed by atoms with Crippen LogP contribution in [0.4, 0.5) is 14.5 Å². The minimum atomic E-state index is -0.544. The first kappa shape index (κ1) is 15.6. The molecule has 0 bridgehead atoms. The Morgan fingerprint density at radius 1 is 1.08 bits per heavy atom. The summed E-state index contributed by atoms with van der Waals surface area (Å²) in [6.45, 7) is 0.852. The number of aromatic nitrogens is 1. The SMILES string of the molecule is CN(CC1COc2ccccc2O1)c1ccnc2c(F)ccc(F)c12. The van der Waals surface area contributed by atoms with Crippen molar-refractivity contribution < 1.29 is 18.3 Å². The number of hydrogen-bond donors (Lipinski definition) is 0. The van der Waals surface area contributed by atoms with Crippen LogP contribution < -0.4 is 14.4 Å². The Labute approximate surface area is 143 Å². The van der Waals surface area contributed by atoms with Gasteiger partial charge in [-0.15, -0.1) is 0 Å². The number of rotatable bonds is 3. The molecule has 4 nitrogen and oxygen atoms in total. The quantitative estimate of drug-likeness (QED) is 0.725. The second-order valence-corrected chi connectivity index (χ2v) is 5.96. The third-order valence-corrected chi connectivity index (χ3v) is 4.23. The van der Waals surface area contributed by atoms with Gasteiger partial charge in [0.05, 0.1) is 17.6 Å². The molecule has 0 spiro atoms. The maximum absolute atomic E-state index is 14.3. The standard InChI is InChI=1S/C19H16F2N2O2/c1-23(10-12-11-24-16-4-2-3-5-17(16)25-12)15-8-9-22-19-14(21)7-6-13(20)18(15)19/h2-9,12H,10-11H2,1H3. The number of hydrogen-bond acceptors (Lipinski definition) is 4. The van der Waals surface area contributed by atoms with Crippen molar-refractivity contribution in [3.8, 4) is 11.5 Å². The van der Waals surface area contributed by atoms with Crippen molar-refractivity contribution in [2.24, 2.45) is 0 Å². The maximum Gasteiger partial charge on any atom is 0.161 e. The van der Waals surface area contributed by atoms with Gasteiger partial charge in [-0.3, -0.25) is 4.98 Å². The van der Waals surface area contributed by atoms with Crippen LogP contribution >= 0.6 is 0 Å². The van der Waals surface area contributed by atoms with Gasteiger partial charge in [0.25, 0.3) is 0 Å². The summed E-state index contributed by atoms with van der Waals surface area (Å²) in [5, 5.41) is 0.169. The van der Waals surface area contributed by atoms with Crippen molar-refractivity contribution in [1.29, 1.82) is 0 Å². The van der Waals surface area contributed by atoms with Crippen LogP contribution in [0.3, 0.4) is 0 Å². The molecule has 1 unspecified atom stereocenters. The molecule has 0 fully saturated rings. The van der Waals surface area contributed by atoms with E-state index in [2.05, 4.69) is 4.98 Å². The Morgan fingerprint density at radius 2 is 1.84 bits per heavy atom. The third kappa shape index (κ3) is 2.84. The highest BCUT2D eigenvalue weighted by Gasteiger charge is 2.23. The molecular weight excluding hydrogens is 326 g/mol. The molecule has 1 aromatic heterocycles. The monoisotopic (exact) mass is 342 g/mol. The van der Waals surface area contributed by atoms with E-state index < -0.39 is 11.6 Å². The van der Waals surface area contributed by atoms with Gasteiger partial charge in [0.2, 0.25) is 0 Å². The molecule has 25 heavy (non-hydrogen) atoms. The minimum Gasteiger partial charge on any atom is -0.486 e. The number of benzene rings is 2. The van der Waals surface area contributed by atoms with Gasteiger partial charge in [0, 0.05) is 13.2 Å². The molecule has 0 amide bonds. The summed E-state index contributed by atoms with van der Waals surface area (Å²) in [5.74, 6) is 0.350. The maximum atomic E-state index is 14.3. The average Bonchev–Trinajstić information content (AvgIpc) is 2.64. The van der Waals surface area contributed by atoms with Crippen molar-refractivity contribution in [2.75, 3.05) is 25.1 Å². The number of likely N-dealkylation sites (N-methyl/N-ethyl adjacent to an activating group) is 1. The van der Waals surface area contributed by atoms with Gasteiger partial charge in [0.1, 0.15) is 23.8 Å². The first-order chi connectivity index (χ1) is 12.1. The van der Waals surface area contributed by atoms with Crippen LogP contribution in [0, 0.1) is 11.6 Å². The topological polar surface area (TPSA) is 34.6 Å². The van der Waals surface area contributed by atoms with E-state index in [0.29, 0.717) is 30.3 Å². The fourth-order valence-corrected chi connectivity index (χ4v) is 3.05. The molecule has 4 rings (SSSR count). The van der Waals surface area contributed by atoms with E-state index in [1.807, 2.05) is 36.2 Å². The Kier molecular flexibility index (Phi) is 3.87. The highest BCUT2D eigenvalue weighted by Crippen LogP contribution is 2.32. The molecule has 1 atom stereocenters. The lowest BCUT2D eigenvalue weighted by Gasteiger charge is -2.30. The lowest BCUT2D eigenvalue weighted by molar-refractivity contribution is 0.0961. The van der Waals surface area contributed by atoms with Crippen LogP contribution in [0.5, 0.6) is 11.5 Å². The second-order valence-electron chi connectivity index (χ2n) is 5.96. The summed E-state index contributed by atoms with van der Waals surface area (Å²) < 4.78 is 39.9. The van der Waals surface area contributed by atoms with E-state index >= 15 is 0 Å². The second kappa shape index (κ2) is 6.20. The van der Waals surface area contributed by atoms with Crippen LogP contribution in [0.25, 0.3) is 10.9 Å². The number of fused-ring (bicyclic) bond motifs is 2. The number of halogens is 2. The van der Waals surface area contributed by atoms with Gasteiger partial charge in [-0.2, -0.15) is 0 Å². The molecule has 1 aliphatic heterocycles. The molecule has 0 aliphatic carbocycles. The molecule has 1 aliphatic rings. The smallest absolute Gasteiger partial charge is 0.161 e. The lowest BCUT2D eigenvalue weighted by Crippen LogP contribution is -2.39. The van der Waals surface area contributed by atoms with Crippen LogP contribution in [0.1, 0.15) is 0 Å². The summed E-state index contributed by atoms with van der Waals surface area (Å²) in [4.78, 5) is 5.79. The van der Waals surface area contributed by atoms with Gasteiger partial charge in [-0.1, -0.05) is 12.1 Å². The summed E-state index contributed by atoms with van der Waals surface area (Å²) in [6.07, 6.45) is 1.25. The van der Waals surface area contributed by atoms with Crippen molar-refractivity contribution in [3.05, 3.63) is 60.3 Å². The van der Waals surface area contributed by atoms with E-state index in [0.717, 1.165) is 12.1 Å². The molecule has 0 saturated heterocycles. The fraction of sp³-hybridized carbons (Fsp3) is 0.211. The first-order valence-corrected chi connectivity index (χ1v) is 7.96. The van der Waals surface area contributed by atoms with E-state index in [-0.39, 0.29) is 17.0 Å². The van der Waals surface area contributed by atoms with Crippen LogP contribution in [0.15, 0.2) is 48.7 Å². The number of nitrogens with zero attached hydrogens (tertiary/aromatic N) is 2. The predicted molar refractivity (Wildman–Crippen MR) is 91.3 cm³/mol. The summed E-state index contributed by atoms with van der Waals surface area (Å²) >= 11 is 0. The van der Waals surface area contributed by atoms with Gasteiger partial charge in [-0.25, -0.2) is 8.78 Å². The largest absolute Gasteiger partial charge is 0.486 e. The molecule has 2 heterocycles. The molecule has 3 aromatic rings. The van der Waals surface area contributed by atoms with Crippen LogP contribution in [-0.4, -0.2) is 31.3 Å². The predicted octanol–water partition coefficient (Wildman–Crippen LogP) is 3.79. The Hall–Kier alpha value is -2.89. The average molecular weight is 342 g/mol. The zero-order chi connectivity index (χ0) is 17.4.